The van der Waals surface area contributed by atoms with Gasteiger partial charge in [-0.2, -0.15) is 0 Å². The van der Waals surface area contributed by atoms with E-state index in [0.29, 0.717) is 0 Å². The fourth-order valence-electron chi connectivity index (χ4n) is 6.76. The van der Waals surface area contributed by atoms with E-state index in [1.54, 1.807) is 0 Å². The molecule has 9 rings (SSSR count). The summed E-state index contributed by atoms with van der Waals surface area (Å²) >= 11 is 1.89. The minimum Gasteiger partial charge on any atom is -0.314 e. The molecule has 0 aliphatic heterocycles. The van der Waals surface area contributed by atoms with Crippen LogP contribution in [0.15, 0.2) is 140 Å². The molecule has 0 spiro atoms. The predicted molar refractivity (Wildman–Crippen MR) is 181 cm³/mol. The Hall–Kier alpha value is -5.12. The molecule has 0 saturated heterocycles. The van der Waals surface area contributed by atoms with Crippen molar-refractivity contribution < 1.29 is 0 Å². The lowest BCUT2D eigenvalue weighted by atomic mass is 10.0. The van der Waals surface area contributed by atoms with E-state index in [1.165, 1.54) is 81.1 Å². The van der Waals surface area contributed by atoms with Crippen molar-refractivity contribution in [1.82, 2.24) is 9.13 Å². The van der Waals surface area contributed by atoms with Crippen LogP contribution in [0.1, 0.15) is 5.69 Å². The highest BCUT2D eigenvalue weighted by Crippen LogP contribution is 2.42. The smallest absolute Gasteiger partial charge is 0.0640 e. The minimum absolute atomic E-state index is 1.19. The van der Waals surface area contributed by atoms with Crippen molar-refractivity contribution in [3.63, 3.8) is 0 Å². The molecule has 0 fully saturated rings. The average Bonchev–Trinajstić information content (AvgIpc) is 3.69. The summed E-state index contributed by atoms with van der Waals surface area (Å²) in [5.41, 5.74) is 9.88. The zero-order valence-corrected chi connectivity index (χ0v) is 23.9. The van der Waals surface area contributed by atoms with E-state index >= 15 is 0 Å². The molecule has 3 heterocycles. The number of thiophene rings is 1. The highest BCUT2D eigenvalue weighted by Gasteiger charge is 2.17. The molecule has 198 valence electrons. The zero-order valence-electron chi connectivity index (χ0n) is 23.1. The normalized spacial score (nSPS) is 11.9. The third kappa shape index (κ3) is 3.38. The SMILES string of the molecule is Cc1cc2ccc(-c3ccc4c(c3)sc3c(-n5c6ccccc6c6ccccc65)cccc34)cc2n1-c1ccccc1. The Balaban J connectivity index is 1.24. The Morgan fingerprint density at radius 2 is 1.14 bits per heavy atom. The number of nitrogens with zero attached hydrogens (tertiary/aromatic N) is 2. The molecule has 0 amide bonds. The largest absolute Gasteiger partial charge is 0.314 e. The first-order valence-electron chi connectivity index (χ1n) is 14.4. The highest BCUT2D eigenvalue weighted by molar-refractivity contribution is 7.26. The maximum Gasteiger partial charge on any atom is 0.0640 e. The molecule has 42 heavy (non-hydrogen) atoms. The molecule has 3 aromatic heterocycles. The first-order chi connectivity index (χ1) is 20.7. The molecular formula is C39H26N2S. The Kier molecular flexibility index (Phi) is 5.02. The third-order valence-corrected chi connectivity index (χ3v) is 9.83. The van der Waals surface area contributed by atoms with Crippen molar-refractivity contribution in [2.24, 2.45) is 0 Å². The Morgan fingerprint density at radius 1 is 0.476 bits per heavy atom. The lowest BCUT2D eigenvalue weighted by Gasteiger charge is -2.09. The van der Waals surface area contributed by atoms with Crippen LogP contribution >= 0.6 is 11.3 Å². The van der Waals surface area contributed by atoms with Crippen LogP contribution in [0.3, 0.4) is 0 Å². The molecule has 9 aromatic rings. The molecule has 0 aliphatic rings. The maximum atomic E-state index is 2.44. The molecule has 6 aromatic carbocycles. The number of aryl methyl sites for hydroxylation is 1. The molecule has 0 N–H and O–H groups in total. The van der Waals surface area contributed by atoms with Crippen LogP contribution in [0.4, 0.5) is 0 Å². The van der Waals surface area contributed by atoms with Gasteiger partial charge in [-0.25, -0.2) is 0 Å². The third-order valence-electron chi connectivity index (χ3n) is 8.64. The predicted octanol–water partition coefficient (Wildman–Crippen LogP) is 11.1. The topological polar surface area (TPSA) is 9.86 Å². The Bertz CT molecular complexity index is 2420. The number of hydrogen-bond donors (Lipinski definition) is 0. The summed E-state index contributed by atoms with van der Waals surface area (Å²) in [6, 6.07) is 51.0. The number of fused-ring (bicyclic) bond motifs is 7. The molecule has 0 unspecified atom stereocenters. The minimum atomic E-state index is 1.19. The Labute approximate surface area is 247 Å². The van der Waals surface area contributed by atoms with Crippen LogP contribution < -0.4 is 0 Å². The van der Waals surface area contributed by atoms with Gasteiger partial charge in [0, 0.05) is 43.0 Å². The molecule has 0 saturated carbocycles. The quantitative estimate of drug-likeness (QED) is 0.206. The molecule has 3 heteroatoms. The van der Waals surface area contributed by atoms with Gasteiger partial charge in [-0.05, 0) is 66.6 Å². The lowest BCUT2D eigenvalue weighted by molar-refractivity contribution is 1.05. The number of benzene rings is 6. The van der Waals surface area contributed by atoms with Crippen LogP contribution in [0.5, 0.6) is 0 Å². The fourth-order valence-corrected chi connectivity index (χ4v) is 8.01. The summed E-state index contributed by atoms with van der Waals surface area (Å²) < 4.78 is 7.43. The van der Waals surface area contributed by atoms with Crippen LogP contribution in [0.25, 0.3) is 75.4 Å². The van der Waals surface area contributed by atoms with E-state index in [2.05, 4.69) is 156 Å². The van der Waals surface area contributed by atoms with Crippen LogP contribution in [-0.4, -0.2) is 9.13 Å². The standard InChI is InChI=1S/C39H26N2S/c1-25-22-28-19-18-26(23-37(28)40(25)29-10-3-2-4-11-29)27-20-21-32-33-14-9-17-36(39(33)42-38(32)24-27)41-34-15-7-5-12-30(34)31-13-6-8-16-35(31)41/h2-24H,1H3. The first-order valence-corrected chi connectivity index (χ1v) is 15.2. The van der Waals surface area contributed by atoms with Crippen LogP contribution in [0, 0.1) is 6.92 Å². The molecule has 0 bridgehead atoms. The summed E-state index contributed by atoms with van der Waals surface area (Å²) in [4.78, 5) is 0. The van der Waals surface area contributed by atoms with Gasteiger partial charge in [-0.3, -0.25) is 0 Å². The van der Waals surface area contributed by atoms with Gasteiger partial charge in [0.25, 0.3) is 0 Å². The summed E-state index contributed by atoms with van der Waals surface area (Å²) in [6.07, 6.45) is 0. The van der Waals surface area contributed by atoms with Gasteiger partial charge in [0.05, 0.1) is 26.9 Å². The number of rotatable bonds is 3. The zero-order chi connectivity index (χ0) is 27.8. The van der Waals surface area contributed by atoms with Crippen molar-refractivity contribution in [2.75, 3.05) is 0 Å². The van der Waals surface area contributed by atoms with E-state index in [9.17, 15) is 0 Å². The van der Waals surface area contributed by atoms with E-state index < -0.39 is 0 Å². The van der Waals surface area contributed by atoms with E-state index in [1.807, 2.05) is 11.3 Å². The number of para-hydroxylation sites is 3. The van der Waals surface area contributed by atoms with Gasteiger partial charge in [-0.15, -0.1) is 11.3 Å². The monoisotopic (exact) mass is 554 g/mol. The second-order valence-corrected chi connectivity index (χ2v) is 12.1. The van der Waals surface area contributed by atoms with E-state index in [4.69, 9.17) is 0 Å². The van der Waals surface area contributed by atoms with E-state index in [0.717, 1.165) is 0 Å². The van der Waals surface area contributed by atoms with E-state index in [-0.39, 0.29) is 0 Å². The lowest BCUT2D eigenvalue weighted by Crippen LogP contribution is -1.95. The van der Waals surface area contributed by atoms with Crippen LogP contribution in [0.2, 0.25) is 0 Å². The van der Waals surface area contributed by atoms with Crippen molar-refractivity contribution in [3.8, 4) is 22.5 Å². The van der Waals surface area contributed by atoms with Gasteiger partial charge < -0.3 is 9.13 Å². The summed E-state index contributed by atoms with van der Waals surface area (Å²) in [5.74, 6) is 0. The summed E-state index contributed by atoms with van der Waals surface area (Å²) in [6.45, 7) is 2.19. The van der Waals surface area contributed by atoms with Gasteiger partial charge in [0.15, 0.2) is 0 Å². The highest BCUT2D eigenvalue weighted by atomic mass is 32.1. The number of hydrogen-bond acceptors (Lipinski definition) is 1. The second kappa shape index (κ2) is 8.94. The average molecular weight is 555 g/mol. The molecule has 0 atom stereocenters. The van der Waals surface area contributed by atoms with Crippen molar-refractivity contribution in [2.45, 2.75) is 6.92 Å². The molecule has 0 aliphatic carbocycles. The van der Waals surface area contributed by atoms with Gasteiger partial charge in [0.1, 0.15) is 0 Å². The Morgan fingerprint density at radius 3 is 1.93 bits per heavy atom. The van der Waals surface area contributed by atoms with Gasteiger partial charge in [0.2, 0.25) is 0 Å². The first kappa shape index (κ1) is 23.6. The number of aromatic nitrogens is 2. The van der Waals surface area contributed by atoms with Crippen molar-refractivity contribution in [3.05, 3.63) is 145 Å². The molecule has 2 nitrogen and oxygen atoms in total. The van der Waals surface area contributed by atoms with Gasteiger partial charge in [-0.1, -0.05) is 91.0 Å². The fraction of sp³-hybridized carbons (Fsp3) is 0.0256. The molecule has 0 radical (unpaired) electrons. The second-order valence-electron chi connectivity index (χ2n) is 11.1. The summed E-state index contributed by atoms with van der Waals surface area (Å²) in [7, 11) is 0. The van der Waals surface area contributed by atoms with Crippen molar-refractivity contribution in [1.29, 1.82) is 0 Å². The van der Waals surface area contributed by atoms with Gasteiger partial charge >= 0.3 is 0 Å². The maximum absolute atomic E-state index is 2.44. The van der Waals surface area contributed by atoms with Crippen LogP contribution in [-0.2, 0) is 0 Å². The molecular weight excluding hydrogens is 529 g/mol. The van der Waals surface area contributed by atoms with Crippen molar-refractivity contribution >= 4 is 64.2 Å². The summed E-state index contributed by atoms with van der Waals surface area (Å²) in [5, 5.41) is 6.47.